The first kappa shape index (κ1) is 12.6. The van der Waals surface area contributed by atoms with Gasteiger partial charge in [0.15, 0.2) is 0 Å². The first-order valence-corrected chi connectivity index (χ1v) is 6.80. The maximum atomic E-state index is 4.05. The maximum absolute atomic E-state index is 4.05. The van der Waals surface area contributed by atoms with Gasteiger partial charge in [0.1, 0.15) is 0 Å². The number of H-pyrrole nitrogens is 1. The maximum Gasteiger partial charge on any atom is 0.0654 e. The van der Waals surface area contributed by atoms with E-state index in [1.807, 2.05) is 6.20 Å². The topological polar surface area (TPSA) is 31.9 Å². The van der Waals surface area contributed by atoms with Gasteiger partial charge in [-0.05, 0) is 37.7 Å². The fourth-order valence-corrected chi connectivity index (χ4v) is 2.41. The summed E-state index contributed by atoms with van der Waals surface area (Å²) in [7, 11) is 2.17. The molecule has 4 heteroatoms. The van der Waals surface area contributed by atoms with E-state index in [0.29, 0.717) is 0 Å². The van der Waals surface area contributed by atoms with Gasteiger partial charge in [-0.3, -0.25) is 5.10 Å². The lowest BCUT2D eigenvalue weighted by Crippen LogP contribution is -2.19. The van der Waals surface area contributed by atoms with Gasteiger partial charge in [-0.25, -0.2) is 0 Å². The number of halogens is 1. The van der Waals surface area contributed by atoms with Crippen molar-refractivity contribution in [2.24, 2.45) is 0 Å². The minimum Gasteiger partial charge on any atom is -0.302 e. The fraction of sp³-hybridized carbons (Fsp3) is 0.462. The summed E-state index contributed by atoms with van der Waals surface area (Å²) in [6, 6.07) is 4.30. The van der Waals surface area contributed by atoms with E-state index >= 15 is 0 Å². The first-order chi connectivity index (χ1) is 8.20. The smallest absolute Gasteiger partial charge is 0.0654 e. The molecule has 0 aliphatic heterocycles. The molecule has 1 heterocycles. The second-order valence-corrected chi connectivity index (χ2v) is 5.35. The van der Waals surface area contributed by atoms with Crippen molar-refractivity contribution < 1.29 is 0 Å². The Morgan fingerprint density at radius 1 is 1.41 bits per heavy atom. The molecular weight excluding hydrogens is 278 g/mol. The third-order valence-corrected chi connectivity index (χ3v) is 3.68. The standard InChI is InChI=1S/C13H18BrN3/c1-3-4-5-17(2)9-11-7-13-10(6-12(11)14)8-15-16-13/h6-8H,3-5,9H2,1-2H3,(H,15,16). The molecule has 0 spiro atoms. The molecule has 0 aliphatic carbocycles. The highest BCUT2D eigenvalue weighted by Gasteiger charge is 2.06. The normalized spacial score (nSPS) is 11.5. The third-order valence-electron chi connectivity index (χ3n) is 2.94. The molecule has 0 bridgehead atoms. The van der Waals surface area contributed by atoms with Gasteiger partial charge in [0.2, 0.25) is 0 Å². The quantitative estimate of drug-likeness (QED) is 0.915. The predicted octanol–water partition coefficient (Wildman–Crippen LogP) is 3.56. The molecule has 1 aromatic carbocycles. The zero-order valence-corrected chi connectivity index (χ0v) is 11.9. The number of fused-ring (bicyclic) bond motifs is 1. The Balaban J connectivity index is 2.14. The predicted molar refractivity (Wildman–Crippen MR) is 75.0 cm³/mol. The summed E-state index contributed by atoms with van der Waals surface area (Å²) in [5.74, 6) is 0. The van der Waals surface area contributed by atoms with E-state index in [2.05, 4.69) is 57.1 Å². The lowest BCUT2D eigenvalue weighted by atomic mass is 10.1. The number of nitrogens with one attached hydrogen (secondary N) is 1. The lowest BCUT2D eigenvalue weighted by molar-refractivity contribution is 0.320. The summed E-state index contributed by atoms with van der Waals surface area (Å²) < 4.78 is 1.16. The van der Waals surface area contributed by atoms with Crippen molar-refractivity contribution in [1.29, 1.82) is 0 Å². The van der Waals surface area contributed by atoms with Gasteiger partial charge in [0.05, 0.1) is 11.7 Å². The monoisotopic (exact) mass is 295 g/mol. The van der Waals surface area contributed by atoms with Crippen LogP contribution in [0, 0.1) is 0 Å². The summed E-state index contributed by atoms with van der Waals surface area (Å²) in [5.41, 5.74) is 2.41. The number of hydrogen-bond acceptors (Lipinski definition) is 2. The van der Waals surface area contributed by atoms with Gasteiger partial charge in [0.25, 0.3) is 0 Å². The number of unbranched alkanes of at least 4 members (excludes halogenated alkanes) is 1. The Labute approximate surface area is 110 Å². The molecule has 0 saturated heterocycles. The minimum atomic E-state index is 0.968. The molecule has 0 radical (unpaired) electrons. The van der Waals surface area contributed by atoms with Crippen LogP contribution in [0.5, 0.6) is 0 Å². The highest BCUT2D eigenvalue weighted by Crippen LogP contribution is 2.24. The Morgan fingerprint density at radius 2 is 2.24 bits per heavy atom. The Morgan fingerprint density at radius 3 is 3.00 bits per heavy atom. The van der Waals surface area contributed by atoms with E-state index < -0.39 is 0 Å². The first-order valence-electron chi connectivity index (χ1n) is 6.00. The second kappa shape index (κ2) is 5.65. The molecule has 17 heavy (non-hydrogen) atoms. The third kappa shape index (κ3) is 3.07. The van der Waals surface area contributed by atoms with E-state index in [-0.39, 0.29) is 0 Å². The van der Waals surface area contributed by atoms with Crippen LogP contribution in [0.1, 0.15) is 25.3 Å². The summed E-state index contributed by atoms with van der Waals surface area (Å²) in [6.45, 7) is 4.33. The molecular formula is C13H18BrN3. The second-order valence-electron chi connectivity index (χ2n) is 4.49. The van der Waals surface area contributed by atoms with E-state index in [1.54, 1.807) is 0 Å². The van der Waals surface area contributed by atoms with Crippen LogP contribution in [0.3, 0.4) is 0 Å². The van der Waals surface area contributed by atoms with Crippen LogP contribution in [-0.4, -0.2) is 28.7 Å². The van der Waals surface area contributed by atoms with Crippen LogP contribution < -0.4 is 0 Å². The number of nitrogens with zero attached hydrogens (tertiary/aromatic N) is 2. The highest BCUT2D eigenvalue weighted by atomic mass is 79.9. The number of aromatic amines is 1. The Hall–Kier alpha value is -0.870. The van der Waals surface area contributed by atoms with Crippen LogP contribution in [0.4, 0.5) is 0 Å². The molecule has 0 atom stereocenters. The van der Waals surface area contributed by atoms with Crippen molar-refractivity contribution in [3.63, 3.8) is 0 Å². The summed E-state index contributed by atoms with van der Waals surface area (Å²) in [4.78, 5) is 2.35. The molecule has 2 rings (SSSR count). The van der Waals surface area contributed by atoms with Gasteiger partial charge >= 0.3 is 0 Å². The number of aromatic nitrogens is 2. The molecule has 0 fully saturated rings. The molecule has 2 aromatic rings. The SMILES string of the molecule is CCCCN(C)Cc1cc2[nH]ncc2cc1Br. The van der Waals surface area contributed by atoms with Crippen LogP contribution in [0.25, 0.3) is 10.9 Å². The summed E-state index contributed by atoms with van der Waals surface area (Å²) in [5, 5.41) is 8.22. The van der Waals surface area contributed by atoms with Crippen molar-refractivity contribution in [3.8, 4) is 0 Å². The van der Waals surface area contributed by atoms with Gasteiger partial charge in [-0.2, -0.15) is 5.10 Å². The number of benzene rings is 1. The average molecular weight is 296 g/mol. The van der Waals surface area contributed by atoms with E-state index in [4.69, 9.17) is 0 Å². The van der Waals surface area contributed by atoms with Crippen molar-refractivity contribution in [3.05, 3.63) is 28.4 Å². The molecule has 1 aromatic heterocycles. The van der Waals surface area contributed by atoms with Crippen LogP contribution >= 0.6 is 15.9 Å². The van der Waals surface area contributed by atoms with Crippen LogP contribution in [0.15, 0.2) is 22.8 Å². The number of hydrogen-bond donors (Lipinski definition) is 1. The average Bonchev–Trinajstić information content (AvgIpc) is 2.74. The lowest BCUT2D eigenvalue weighted by Gasteiger charge is -2.17. The molecule has 0 unspecified atom stereocenters. The van der Waals surface area contributed by atoms with Crippen LogP contribution in [0.2, 0.25) is 0 Å². The van der Waals surface area contributed by atoms with Gasteiger partial charge in [-0.1, -0.05) is 29.3 Å². The Kier molecular flexibility index (Phi) is 4.18. The van der Waals surface area contributed by atoms with E-state index in [9.17, 15) is 0 Å². The van der Waals surface area contributed by atoms with Crippen LogP contribution in [-0.2, 0) is 6.54 Å². The molecule has 0 amide bonds. The molecule has 0 saturated carbocycles. The van der Waals surface area contributed by atoms with Gasteiger partial charge < -0.3 is 4.90 Å². The van der Waals surface area contributed by atoms with Crippen molar-refractivity contribution in [2.45, 2.75) is 26.3 Å². The highest BCUT2D eigenvalue weighted by molar-refractivity contribution is 9.10. The molecule has 1 N–H and O–H groups in total. The van der Waals surface area contributed by atoms with Crippen molar-refractivity contribution in [2.75, 3.05) is 13.6 Å². The fourth-order valence-electron chi connectivity index (χ4n) is 1.93. The van der Waals surface area contributed by atoms with Crippen molar-refractivity contribution >= 4 is 26.8 Å². The zero-order valence-electron chi connectivity index (χ0n) is 10.3. The van der Waals surface area contributed by atoms with Crippen molar-refractivity contribution in [1.82, 2.24) is 15.1 Å². The molecule has 0 aliphatic rings. The van der Waals surface area contributed by atoms with E-state index in [1.165, 1.54) is 18.4 Å². The van der Waals surface area contributed by atoms with Gasteiger partial charge in [-0.15, -0.1) is 0 Å². The van der Waals surface area contributed by atoms with Gasteiger partial charge in [0, 0.05) is 16.4 Å². The number of rotatable bonds is 5. The largest absolute Gasteiger partial charge is 0.302 e. The van der Waals surface area contributed by atoms with E-state index in [0.717, 1.165) is 28.5 Å². The molecule has 3 nitrogen and oxygen atoms in total. The summed E-state index contributed by atoms with van der Waals surface area (Å²) in [6.07, 6.45) is 4.34. The Bertz CT molecular complexity index is 492. The molecule has 92 valence electrons. The zero-order chi connectivity index (χ0) is 12.3. The minimum absolute atomic E-state index is 0.968. The summed E-state index contributed by atoms with van der Waals surface area (Å²) >= 11 is 3.63.